The van der Waals surface area contributed by atoms with Gasteiger partial charge in [-0.25, -0.2) is 0 Å². The SMILES string of the molecule is NC(=O)c1cccc(Oc2ccccc2I)c1N. The van der Waals surface area contributed by atoms with Crippen molar-refractivity contribution in [2.75, 3.05) is 5.73 Å². The van der Waals surface area contributed by atoms with Gasteiger partial charge in [-0.15, -0.1) is 0 Å². The highest BCUT2D eigenvalue weighted by Crippen LogP contribution is 2.32. The van der Waals surface area contributed by atoms with Crippen molar-refractivity contribution in [2.45, 2.75) is 0 Å². The van der Waals surface area contributed by atoms with Gasteiger partial charge in [0.25, 0.3) is 5.91 Å². The molecule has 0 aliphatic carbocycles. The number of halogens is 1. The number of carbonyl (C=O) groups excluding carboxylic acids is 1. The number of nitrogen functional groups attached to an aromatic ring is 1. The second kappa shape index (κ2) is 5.26. The van der Waals surface area contributed by atoms with Crippen molar-refractivity contribution in [3.05, 3.63) is 51.6 Å². The number of hydrogen-bond acceptors (Lipinski definition) is 3. The summed E-state index contributed by atoms with van der Waals surface area (Å²) in [6.45, 7) is 0. The minimum absolute atomic E-state index is 0.254. The van der Waals surface area contributed by atoms with Crippen LogP contribution < -0.4 is 16.2 Å². The fraction of sp³-hybridized carbons (Fsp3) is 0. The molecule has 0 saturated carbocycles. The monoisotopic (exact) mass is 354 g/mol. The van der Waals surface area contributed by atoms with Crippen molar-refractivity contribution in [2.24, 2.45) is 5.73 Å². The number of carbonyl (C=O) groups is 1. The summed E-state index contributed by atoms with van der Waals surface area (Å²) in [6, 6.07) is 12.5. The molecule has 18 heavy (non-hydrogen) atoms. The van der Waals surface area contributed by atoms with E-state index < -0.39 is 5.91 Å². The van der Waals surface area contributed by atoms with Crippen LogP contribution in [0.5, 0.6) is 11.5 Å². The van der Waals surface area contributed by atoms with E-state index in [4.69, 9.17) is 16.2 Å². The molecule has 0 unspecified atom stereocenters. The minimum Gasteiger partial charge on any atom is -0.454 e. The summed E-state index contributed by atoms with van der Waals surface area (Å²) in [7, 11) is 0. The van der Waals surface area contributed by atoms with E-state index in [0.717, 1.165) is 3.57 Å². The van der Waals surface area contributed by atoms with Gasteiger partial charge in [0.1, 0.15) is 5.75 Å². The molecule has 92 valence electrons. The molecular weight excluding hydrogens is 343 g/mol. The molecule has 0 aliphatic rings. The van der Waals surface area contributed by atoms with Crippen LogP contribution in [0.15, 0.2) is 42.5 Å². The number of anilines is 1. The predicted molar refractivity (Wildman–Crippen MR) is 78.6 cm³/mol. The molecule has 4 N–H and O–H groups in total. The molecule has 0 atom stereocenters. The number of hydrogen-bond donors (Lipinski definition) is 2. The van der Waals surface area contributed by atoms with E-state index in [1.807, 2.05) is 24.3 Å². The minimum atomic E-state index is -0.569. The fourth-order valence-corrected chi connectivity index (χ4v) is 1.99. The van der Waals surface area contributed by atoms with Crippen LogP contribution >= 0.6 is 22.6 Å². The lowest BCUT2D eigenvalue weighted by Gasteiger charge is -2.11. The first-order valence-electron chi connectivity index (χ1n) is 5.20. The average molecular weight is 354 g/mol. The third-order valence-corrected chi connectivity index (χ3v) is 3.28. The van der Waals surface area contributed by atoms with Crippen LogP contribution in [0.4, 0.5) is 5.69 Å². The van der Waals surface area contributed by atoms with E-state index in [-0.39, 0.29) is 11.3 Å². The second-order valence-electron chi connectivity index (χ2n) is 3.61. The van der Waals surface area contributed by atoms with Crippen LogP contribution in [0.1, 0.15) is 10.4 Å². The molecular formula is C13H11IN2O2. The zero-order chi connectivity index (χ0) is 13.1. The molecule has 0 heterocycles. The van der Waals surface area contributed by atoms with E-state index >= 15 is 0 Å². The van der Waals surface area contributed by atoms with Crippen LogP contribution in [0.3, 0.4) is 0 Å². The normalized spacial score (nSPS) is 10.1. The summed E-state index contributed by atoms with van der Waals surface area (Å²) in [4.78, 5) is 11.2. The van der Waals surface area contributed by atoms with Crippen molar-refractivity contribution < 1.29 is 9.53 Å². The van der Waals surface area contributed by atoms with Crippen molar-refractivity contribution in [3.8, 4) is 11.5 Å². The Morgan fingerprint density at radius 1 is 1.06 bits per heavy atom. The lowest BCUT2D eigenvalue weighted by Crippen LogP contribution is -2.13. The van der Waals surface area contributed by atoms with E-state index in [1.54, 1.807) is 18.2 Å². The maximum absolute atomic E-state index is 11.2. The number of nitrogens with two attached hydrogens (primary N) is 2. The van der Waals surface area contributed by atoms with Crippen LogP contribution in [-0.2, 0) is 0 Å². The number of amides is 1. The van der Waals surface area contributed by atoms with Gasteiger partial charge in [0.2, 0.25) is 0 Å². The largest absolute Gasteiger partial charge is 0.454 e. The van der Waals surface area contributed by atoms with Gasteiger partial charge in [-0.2, -0.15) is 0 Å². The number of primary amides is 1. The zero-order valence-electron chi connectivity index (χ0n) is 9.39. The highest BCUT2D eigenvalue weighted by atomic mass is 127. The van der Waals surface area contributed by atoms with Gasteiger partial charge >= 0.3 is 0 Å². The van der Waals surface area contributed by atoms with Crippen molar-refractivity contribution >= 4 is 34.2 Å². The fourth-order valence-electron chi connectivity index (χ4n) is 1.49. The highest BCUT2D eigenvalue weighted by molar-refractivity contribution is 14.1. The lowest BCUT2D eigenvalue weighted by atomic mass is 10.1. The average Bonchev–Trinajstić information content (AvgIpc) is 2.34. The first-order chi connectivity index (χ1) is 8.59. The van der Waals surface area contributed by atoms with Crippen molar-refractivity contribution in [1.82, 2.24) is 0 Å². The summed E-state index contributed by atoms with van der Waals surface area (Å²) in [5, 5.41) is 0. The first kappa shape index (κ1) is 12.7. The number of benzene rings is 2. The zero-order valence-corrected chi connectivity index (χ0v) is 11.5. The van der Waals surface area contributed by atoms with Crippen LogP contribution in [-0.4, -0.2) is 5.91 Å². The summed E-state index contributed by atoms with van der Waals surface area (Å²) < 4.78 is 6.65. The molecule has 0 aliphatic heterocycles. The maximum atomic E-state index is 11.2. The molecule has 0 aromatic heterocycles. The third-order valence-electron chi connectivity index (χ3n) is 2.39. The molecule has 0 spiro atoms. The van der Waals surface area contributed by atoms with Crippen LogP contribution in [0, 0.1) is 3.57 Å². The van der Waals surface area contributed by atoms with Gasteiger partial charge in [0.05, 0.1) is 14.8 Å². The Kier molecular flexibility index (Phi) is 3.71. The molecule has 4 nitrogen and oxygen atoms in total. The van der Waals surface area contributed by atoms with E-state index in [1.165, 1.54) is 0 Å². The Labute approximate surface area is 118 Å². The third kappa shape index (κ3) is 2.56. The Hall–Kier alpha value is -1.76. The van der Waals surface area contributed by atoms with Crippen LogP contribution in [0.2, 0.25) is 0 Å². The Morgan fingerprint density at radius 2 is 1.72 bits per heavy atom. The topological polar surface area (TPSA) is 78.3 Å². The summed E-state index contributed by atoms with van der Waals surface area (Å²) in [5.74, 6) is 0.544. The van der Waals surface area contributed by atoms with Gasteiger partial charge in [0.15, 0.2) is 5.75 Å². The molecule has 2 rings (SSSR count). The quantitative estimate of drug-likeness (QED) is 0.657. The maximum Gasteiger partial charge on any atom is 0.250 e. The van der Waals surface area contributed by atoms with E-state index in [0.29, 0.717) is 11.5 Å². The summed E-state index contributed by atoms with van der Waals surface area (Å²) >= 11 is 2.16. The van der Waals surface area contributed by atoms with Crippen molar-refractivity contribution in [1.29, 1.82) is 0 Å². The first-order valence-corrected chi connectivity index (χ1v) is 6.28. The molecule has 2 aromatic rings. The Morgan fingerprint density at radius 3 is 2.39 bits per heavy atom. The Balaban J connectivity index is 2.39. The number of para-hydroxylation sites is 2. The molecule has 1 amide bonds. The lowest BCUT2D eigenvalue weighted by molar-refractivity contribution is 0.100. The molecule has 2 aromatic carbocycles. The van der Waals surface area contributed by atoms with E-state index in [2.05, 4.69) is 22.6 Å². The number of rotatable bonds is 3. The van der Waals surface area contributed by atoms with Crippen LogP contribution in [0.25, 0.3) is 0 Å². The van der Waals surface area contributed by atoms with Crippen molar-refractivity contribution in [3.63, 3.8) is 0 Å². The summed E-state index contributed by atoms with van der Waals surface area (Å²) in [5.41, 5.74) is 11.6. The Bertz CT molecular complexity index is 599. The molecule has 0 bridgehead atoms. The van der Waals surface area contributed by atoms with Gasteiger partial charge in [-0.05, 0) is 46.9 Å². The standard InChI is InChI=1S/C13H11IN2O2/c14-9-5-1-2-6-10(9)18-11-7-3-4-8(12(11)15)13(16)17/h1-7H,15H2,(H2,16,17). The van der Waals surface area contributed by atoms with E-state index in [9.17, 15) is 4.79 Å². The predicted octanol–water partition coefficient (Wildman–Crippen LogP) is 2.76. The number of ether oxygens (including phenoxy) is 1. The highest BCUT2D eigenvalue weighted by Gasteiger charge is 2.11. The molecule has 0 saturated heterocycles. The molecule has 0 fully saturated rings. The van der Waals surface area contributed by atoms with Gasteiger partial charge in [-0.1, -0.05) is 18.2 Å². The van der Waals surface area contributed by atoms with Gasteiger partial charge in [0, 0.05) is 0 Å². The smallest absolute Gasteiger partial charge is 0.250 e. The van der Waals surface area contributed by atoms with Gasteiger partial charge < -0.3 is 16.2 Å². The summed E-state index contributed by atoms with van der Waals surface area (Å²) in [6.07, 6.45) is 0. The molecule has 5 heteroatoms. The van der Waals surface area contributed by atoms with Gasteiger partial charge in [-0.3, -0.25) is 4.79 Å². The second-order valence-corrected chi connectivity index (χ2v) is 4.78. The molecule has 0 radical (unpaired) electrons.